The van der Waals surface area contributed by atoms with Gasteiger partial charge >= 0.3 is 5.97 Å². The van der Waals surface area contributed by atoms with Crippen LogP contribution in [0.1, 0.15) is 33.1 Å². The van der Waals surface area contributed by atoms with Crippen molar-refractivity contribution in [2.75, 3.05) is 7.11 Å². The smallest absolute Gasteiger partial charge is 0.334 e. The molecular formula is C16H22O5. The van der Waals surface area contributed by atoms with E-state index in [-0.39, 0.29) is 24.0 Å². The summed E-state index contributed by atoms with van der Waals surface area (Å²) in [7, 11) is 1.51. The van der Waals surface area contributed by atoms with Gasteiger partial charge in [0.25, 0.3) is 0 Å². The number of aliphatic hydroxyl groups is 1. The third-order valence-electron chi connectivity index (χ3n) is 6.10. The van der Waals surface area contributed by atoms with Crippen LogP contribution in [0.25, 0.3) is 0 Å². The average Bonchev–Trinajstić information content (AvgIpc) is 2.82. The molecule has 1 heterocycles. The molecule has 0 aromatic carbocycles. The fourth-order valence-electron chi connectivity index (χ4n) is 4.68. The van der Waals surface area contributed by atoms with E-state index in [1.165, 1.54) is 7.11 Å². The SMILES string of the molecule is C=C1C(=O)O[C@@H]2[C@H]1CC[C@H](C)[C@]1(O)[C@H](OC)CC(=O)[C@@]21C. The van der Waals surface area contributed by atoms with Gasteiger partial charge in [-0.2, -0.15) is 0 Å². The van der Waals surface area contributed by atoms with Crippen LogP contribution in [-0.2, 0) is 19.1 Å². The van der Waals surface area contributed by atoms with Crippen molar-refractivity contribution < 1.29 is 24.2 Å². The van der Waals surface area contributed by atoms with Crippen LogP contribution in [0.2, 0.25) is 0 Å². The number of esters is 1. The van der Waals surface area contributed by atoms with Crippen molar-refractivity contribution in [1.82, 2.24) is 0 Å². The highest BCUT2D eigenvalue weighted by atomic mass is 16.6. The van der Waals surface area contributed by atoms with E-state index in [1.54, 1.807) is 6.92 Å². The summed E-state index contributed by atoms with van der Waals surface area (Å²) in [6.07, 6.45) is 0.353. The standard InChI is InChI=1S/C16H22O5/c1-8-5-6-10-9(2)14(18)21-13(10)15(3)11(17)7-12(20-4)16(8,15)19/h8,10,12-13,19H,2,5-7H2,1,3-4H3/t8-,10-,12+,13+,15-,16-/m0/s1. The van der Waals surface area contributed by atoms with Crippen LogP contribution in [0.15, 0.2) is 12.2 Å². The summed E-state index contributed by atoms with van der Waals surface area (Å²) in [6.45, 7) is 7.48. The molecule has 3 aliphatic rings. The van der Waals surface area contributed by atoms with Gasteiger partial charge < -0.3 is 14.6 Å². The van der Waals surface area contributed by atoms with Crippen molar-refractivity contribution in [3.05, 3.63) is 12.2 Å². The van der Waals surface area contributed by atoms with E-state index in [1.807, 2.05) is 6.92 Å². The molecule has 0 aromatic rings. The maximum atomic E-state index is 12.7. The van der Waals surface area contributed by atoms with E-state index in [4.69, 9.17) is 9.47 Å². The van der Waals surface area contributed by atoms with Crippen molar-refractivity contribution in [3.63, 3.8) is 0 Å². The highest BCUT2D eigenvalue weighted by molar-refractivity contribution is 5.95. The van der Waals surface area contributed by atoms with Crippen molar-refractivity contribution in [2.45, 2.75) is 50.9 Å². The summed E-state index contributed by atoms with van der Waals surface area (Å²) in [5, 5.41) is 11.4. The number of hydrogen-bond acceptors (Lipinski definition) is 5. The second-order valence-corrected chi connectivity index (χ2v) is 6.82. The Morgan fingerprint density at radius 3 is 2.67 bits per heavy atom. The largest absolute Gasteiger partial charge is 0.457 e. The Morgan fingerprint density at radius 1 is 1.38 bits per heavy atom. The minimum atomic E-state index is -1.32. The fraction of sp³-hybridized carbons (Fsp3) is 0.750. The number of ketones is 1. The maximum absolute atomic E-state index is 12.7. The maximum Gasteiger partial charge on any atom is 0.334 e. The van der Waals surface area contributed by atoms with Gasteiger partial charge in [-0.25, -0.2) is 4.79 Å². The van der Waals surface area contributed by atoms with Gasteiger partial charge in [-0.3, -0.25) is 4.79 Å². The molecule has 0 radical (unpaired) electrons. The zero-order chi connectivity index (χ0) is 15.6. The van der Waals surface area contributed by atoms with Crippen LogP contribution < -0.4 is 0 Å². The van der Waals surface area contributed by atoms with E-state index in [0.29, 0.717) is 18.4 Å². The lowest BCUT2D eigenvalue weighted by molar-refractivity contribution is -0.193. The van der Waals surface area contributed by atoms with Crippen molar-refractivity contribution in [3.8, 4) is 0 Å². The van der Waals surface area contributed by atoms with Crippen LogP contribution in [-0.4, -0.2) is 41.8 Å². The number of Topliss-reactive ketones (excluding diaryl/α,β-unsaturated/α-hetero) is 1. The van der Waals surface area contributed by atoms with Gasteiger partial charge in [0, 0.05) is 25.0 Å². The van der Waals surface area contributed by atoms with Gasteiger partial charge in [-0.1, -0.05) is 13.5 Å². The molecule has 21 heavy (non-hydrogen) atoms. The zero-order valence-electron chi connectivity index (χ0n) is 12.7. The van der Waals surface area contributed by atoms with Crippen molar-refractivity contribution in [2.24, 2.45) is 17.3 Å². The number of hydrogen-bond donors (Lipinski definition) is 1. The summed E-state index contributed by atoms with van der Waals surface area (Å²) in [5.74, 6) is -0.852. The van der Waals surface area contributed by atoms with Gasteiger partial charge in [-0.05, 0) is 25.7 Å². The second kappa shape index (κ2) is 4.40. The Kier molecular flexibility index (Phi) is 3.08. The first-order valence-electron chi connectivity index (χ1n) is 7.46. The summed E-state index contributed by atoms with van der Waals surface area (Å²) in [4.78, 5) is 24.6. The number of methoxy groups -OCH3 is 1. The molecule has 0 bridgehead atoms. The number of ether oxygens (including phenoxy) is 2. The summed E-state index contributed by atoms with van der Waals surface area (Å²) < 4.78 is 10.9. The van der Waals surface area contributed by atoms with E-state index < -0.39 is 29.2 Å². The number of rotatable bonds is 1. The Morgan fingerprint density at radius 2 is 2.05 bits per heavy atom. The molecule has 1 saturated heterocycles. The molecule has 0 spiro atoms. The lowest BCUT2D eigenvalue weighted by atomic mass is 9.64. The molecule has 0 amide bonds. The predicted molar refractivity (Wildman–Crippen MR) is 74.4 cm³/mol. The molecule has 2 aliphatic carbocycles. The van der Waals surface area contributed by atoms with Crippen LogP contribution in [0.4, 0.5) is 0 Å². The molecule has 116 valence electrons. The lowest BCUT2D eigenvalue weighted by Crippen LogP contribution is -2.60. The Bertz CT molecular complexity index is 527. The molecular weight excluding hydrogens is 272 g/mol. The fourth-order valence-corrected chi connectivity index (χ4v) is 4.68. The Hall–Kier alpha value is -1.20. The van der Waals surface area contributed by atoms with Gasteiger partial charge in [0.1, 0.15) is 17.5 Å². The highest BCUT2D eigenvalue weighted by Gasteiger charge is 2.72. The highest BCUT2D eigenvalue weighted by Crippen LogP contribution is 2.59. The van der Waals surface area contributed by atoms with Gasteiger partial charge in [0.05, 0.1) is 11.5 Å². The third kappa shape index (κ3) is 1.53. The third-order valence-corrected chi connectivity index (χ3v) is 6.10. The van der Waals surface area contributed by atoms with Crippen LogP contribution in [0.5, 0.6) is 0 Å². The molecule has 1 aliphatic heterocycles. The Labute approximate surface area is 124 Å². The quantitative estimate of drug-likeness (QED) is 0.582. The predicted octanol–water partition coefficient (Wildman–Crippen LogP) is 1.24. The van der Waals surface area contributed by atoms with Gasteiger partial charge in [-0.15, -0.1) is 0 Å². The molecule has 0 aromatic heterocycles. The summed E-state index contributed by atoms with van der Waals surface area (Å²) >= 11 is 0. The molecule has 0 unspecified atom stereocenters. The normalized spacial score (nSPS) is 49.6. The topological polar surface area (TPSA) is 72.8 Å². The minimum absolute atomic E-state index is 0.0944. The number of fused-ring (bicyclic) bond motifs is 3. The summed E-state index contributed by atoms with van der Waals surface area (Å²) in [6, 6.07) is 0. The number of carbonyl (C=O) groups excluding carboxylic acids is 2. The van der Waals surface area contributed by atoms with Gasteiger partial charge in [0.2, 0.25) is 0 Å². The molecule has 3 fully saturated rings. The molecule has 6 atom stereocenters. The lowest BCUT2D eigenvalue weighted by Gasteiger charge is -2.45. The van der Waals surface area contributed by atoms with Crippen LogP contribution in [0.3, 0.4) is 0 Å². The first kappa shape index (κ1) is 14.7. The first-order chi connectivity index (χ1) is 9.78. The van der Waals surface area contributed by atoms with E-state index in [9.17, 15) is 14.7 Å². The van der Waals surface area contributed by atoms with Crippen molar-refractivity contribution >= 4 is 11.8 Å². The molecule has 1 N–H and O–H groups in total. The van der Waals surface area contributed by atoms with E-state index >= 15 is 0 Å². The van der Waals surface area contributed by atoms with E-state index in [2.05, 4.69) is 6.58 Å². The first-order valence-corrected chi connectivity index (χ1v) is 7.46. The second-order valence-electron chi connectivity index (χ2n) is 6.82. The minimum Gasteiger partial charge on any atom is -0.457 e. The Balaban J connectivity index is 2.16. The van der Waals surface area contributed by atoms with E-state index in [0.717, 1.165) is 0 Å². The molecule has 5 nitrogen and oxygen atoms in total. The average molecular weight is 294 g/mol. The van der Waals surface area contributed by atoms with Crippen LogP contribution in [0, 0.1) is 17.3 Å². The van der Waals surface area contributed by atoms with Crippen LogP contribution >= 0.6 is 0 Å². The number of carbonyl (C=O) groups is 2. The molecule has 2 saturated carbocycles. The molecule has 5 heteroatoms. The summed E-state index contributed by atoms with van der Waals surface area (Å²) in [5.41, 5.74) is -2.03. The molecule has 3 rings (SSSR count). The monoisotopic (exact) mass is 294 g/mol. The zero-order valence-corrected chi connectivity index (χ0v) is 12.7. The van der Waals surface area contributed by atoms with Crippen molar-refractivity contribution in [1.29, 1.82) is 0 Å². The van der Waals surface area contributed by atoms with Gasteiger partial charge in [0.15, 0.2) is 0 Å².